The molecule has 0 aliphatic heterocycles. The highest BCUT2D eigenvalue weighted by Crippen LogP contribution is 2.23. The first-order valence-electron chi connectivity index (χ1n) is 8.97. The molecule has 0 spiro atoms. The Kier molecular flexibility index (Phi) is 4.94. The van der Waals surface area contributed by atoms with Crippen LogP contribution in [0.2, 0.25) is 5.02 Å². The van der Waals surface area contributed by atoms with Gasteiger partial charge < -0.3 is 4.74 Å². The van der Waals surface area contributed by atoms with Crippen LogP contribution in [0.1, 0.15) is 16.7 Å². The normalized spacial score (nSPS) is 11.0. The molecule has 0 amide bonds. The predicted octanol–water partition coefficient (Wildman–Crippen LogP) is 3.00. The molecule has 4 rings (SSSR count). The van der Waals surface area contributed by atoms with Crippen molar-refractivity contribution in [2.45, 2.75) is 20.5 Å². The Bertz CT molecular complexity index is 1220. The van der Waals surface area contributed by atoms with Gasteiger partial charge in [0.2, 0.25) is 5.88 Å². The summed E-state index contributed by atoms with van der Waals surface area (Å²) in [5.41, 5.74) is 3.99. The van der Waals surface area contributed by atoms with Gasteiger partial charge in [-0.05, 0) is 59.7 Å². The van der Waals surface area contributed by atoms with Crippen molar-refractivity contribution in [1.82, 2.24) is 29.6 Å². The van der Waals surface area contributed by atoms with E-state index in [1.54, 1.807) is 29.9 Å². The van der Waals surface area contributed by atoms with E-state index in [0.717, 1.165) is 22.4 Å². The SMILES string of the molecule is Cc1ccc(C)c(-n2nnn(C)c2=O)c1COc1ccn(-c2ccc(Cl)cc2)n1. The highest BCUT2D eigenvalue weighted by Gasteiger charge is 2.17. The van der Waals surface area contributed by atoms with Gasteiger partial charge in [0.15, 0.2) is 0 Å². The Morgan fingerprint density at radius 1 is 1.00 bits per heavy atom. The second kappa shape index (κ2) is 7.56. The minimum absolute atomic E-state index is 0.240. The van der Waals surface area contributed by atoms with Crippen molar-refractivity contribution < 1.29 is 4.74 Å². The quantitative estimate of drug-likeness (QED) is 0.505. The van der Waals surface area contributed by atoms with Gasteiger partial charge in [-0.2, -0.15) is 9.36 Å². The average molecular weight is 411 g/mol. The number of halogens is 1. The summed E-state index contributed by atoms with van der Waals surface area (Å²) >= 11 is 5.94. The molecule has 0 fully saturated rings. The lowest BCUT2D eigenvalue weighted by Gasteiger charge is -2.14. The van der Waals surface area contributed by atoms with Gasteiger partial charge in [-0.1, -0.05) is 23.7 Å². The fraction of sp³-hybridized carbons (Fsp3) is 0.200. The van der Waals surface area contributed by atoms with E-state index in [1.165, 1.54) is 9.36 Å². The molecule has 2 aromatic heterocycles. The lowest BCUT2D eigenvalue weighted by Crippen LogP contribution is -2.24. The molecule has 2 aromatic carbocycles. The molecule has 29 heavy (non-hydrogen) atoms. The molecule has 0 aliphatic rings. The van der Waals surface area contributed by atoms with Gasteiger partial charge in [0.25, 0.3) is 0 Å². The van der Waals surface area contributed by atoms with Crippen molar-refractivity contribution >= 4 is 11.6 Å². The summed E-state index contributed by atoms with van der Waals surface area (Å²) in [4.78, 5) is 12.4. The molecule has 148 valence electrons. The van der Waals surface area contributed by atoms with Crippen molar-refractivity contribution in [3.63, 3.8) is 0 Å². The second-order valence-electron chi connectivity index (χ2n) is 6.69. The molecule has 4 aromatic rings. The summed E-state index contributed by atoms with van der Waals surface area (Å²) in [6.45, 7) is 4.13. The molecule has 0 atom stereocenters. The minimum Gasteiger partial charge on any atom is -0.472 e. The zero-order chi connectivity index (χ0) is 20.5. The fourth-order valence-corrected chi connectivity index (χ4v) is 3.18. The molecule has 0 N–H and O–H groups in total. The minimum atomic E-state index is -0.313. The smallest absolute Gasteiger partial charge is 0.368 e. The van der Waals surface area contributed by atoms with Crippen molar-refractivity contribution in [1.29, 1.82) is 0 Å². The number of aromatic nitrogens is 6. The number of aryl methyl sites for hydroxylation is 3. The number of nitrogens with zero attached hydrogens (tertiary/aromatic N) is 6. The van der Waals surface area contributed by atoms with E-state index in [2.05, 4.69) is 15.5 Å². The Morgan fingerprint density at radius 2 is 1.72 bits per heavy atom. The molecule has 0 saturated carbocycles. The first-order valence-corrected chi connectivity index (χ1v) is 9.34. The Labute approximate surface area is 171 Å². The molecule has 2 heterocycles. The van der Waals surface area contributed by atoms with E-state index in [4.69, 9.17) is 16.3 Å². The van der Waals surface area contributed by atoms with Crippen LogP contribution < -0.4 is 10.4 Å². The van der Waals surface area contributed by atoms with Crippen LogP contribution in [-0.2, 0) is 13.7 Å². The molecular formula is C20H19ClN6O2. The number of hydrogen-bond donors (Lipinski definition) is 0. The van der Waals surface area contributed by atoms with Crippen molar-refractivity contribution in [2.75, 3.05) is 0 Å². The number of hydrogen-bond acceptors (Lipinski definition) is 5. The summed E-state index contributed by atoms with van der Waals surface area (Å²) in [6.07, 6.45) is 1.82. The standard InChI is InChI=1S/C20H19ClN6O2/c1-13-4-5-14(2)19(27-20(28)25(3)23-24-27)17(13)12-29-18-10-11-26(22-18)16-8-6-15(21)7-9-16/h4-11H,12H2,1-3H3. The maximum absolute atomic E-state index is 12.4. The van der Waals surface area contributed by atoms with Crippen LogP contribution >= 0.6 is 11.6 Å². The summed E-state index contributed by atoms with van der Waals surface area (Å²) in [5, 5.41) is 12.9. The van der Waals surface area contributed by atoms with E-state index in [1.807, 2.05) is 44.3 Å². The number of tetrazole rings is 1. The highest BCUT2D eigenvalue weighted by molar-refractivity contribution is 6.30. The molecule has 0 aliphatic carbocycles. The molecule has 9 heteroatoms. The van der Waals surface area contributed by atoms with E-state index >= 15 is 0 Å². The first kappa shape index (κ1) is 18.9. The van der Waals surface area contributed by atoms with Crippen LogP contribution in [0.15, 0.2) is 53.5 Å². The van der Waals surface area contributed by atoms with Crippen molar-refractivity contribution in [2.24, 2.45) is 7.05 Å². The second-order valence-corrected chi connectivity index (χ2v) is 7.12. The summed E-state index contributed by atoms with van der Waals surface area (Å²) in [5.74, 6) is 0.471. The topological polar surface area (TPSA) is 79.8 Å². The number of benzene rings is 2. The molecule has 0 saturated heterocycles. The van der Waals surface area contributed by atoms with Crippen LogP contribution in [0.4, 0.5) is 0 Å². The van der Waals surface area contributed by atoms with Crippen LogP contribution in [0.3, 0.4) is 0 Å². The van der Waals surface area contributed by atoms with Gasteiger partial charge in [-0.25, -0.2) is 9.48 Å². The largest absolute Gasteiger partial charge is 0.472 e. The third-order valence-corrected chi connectivity index (χ3v) is 4.92. The van der Waals surface area contributed by atoms with Crippen LogP contribution in [0, 0.1) is 13.8 Å². The predicted molar refractivity (Wildman–Crippen MR) is 109 cm³/mol. The van der Waals surface area contributed by atoms with Crippen molar-refractivity contribution in [3.8, 4) is 17.3 Å². The van der Waals surface area contributed by atoms with Crippen LogP contribution in [0.5, 0.6) is 5.88 Å². The lowest BCUT2D eigenvalue weighted by molar-refractivity contribution is 0.290. The van der Waals surface area contributed by atoms with Gasteiger partial charge in [0, 0.05) is 29.9 Å². The Hall–Kier alpha value is -3.39. The number of ether oxygens (including phenoxy) is 1. The molecular weight excluding hydrogens is 392 g/mol. The van der Waals surface area contributed by atoms with Crippen LogP contribution in [0.25, 0.3) is 11.4 Å². The maximum atomic E-state index is 12.4. The fourth-order valence-electron chi connectivity index (χ4n) is 3.05. The third kappa shape index (κ3) is 3.66. The van der Waals surface area contributed by atoms with Gasteiger partial charge >= 0.3 is 5.69 Å². The molecule has 0 bridgehead atoms. The van der Waals surface area contributed by atoms with Gasteiger partial charge in [0.1, 0.15) is 6.61 Å². The summed E-state index contributed by atoms with van der Waals surface area (Å²) in [7, 11) is 1.57. The van der Waals surface area contributed by atoms with E-state index in [-0.39, 0.29) is 12.3 Å². The Balaban J connectivity index is 1.63. The lowest BCUT2D eigenvalue weighted by atomic mass is 10.0. The zero-order valence-electron chi connectivity index (χ0n) is 16.2. The van der Waals surface area contributed by atoms with Crippen LogP contribution in [-0.4, -0.2) is 29.6 Å². The van der Waals surface area contributed by atoms with Gasteiger partial charge in [-0.3, -0.25) is 0 Å². The average Bonchev–Trinajstić information content (AvgIpc) is 3.31. The van der Waals surface area contributed by atoms with E-state index in [9.17, 15) is 4.79 Å². The van der Waals surface area contributed by atoms with E-state index < -0.39 is 0 Å². The van der Waals surface area contributed by atoms with Gasteiger partial charge in [0.05, 0.1) is 11.4 Å². The summed E-state index contributed by atoms with van der Waals surface area (Å²) in [6, 6.07) is 13.1. The summed E-state index contributed by atoms with van der Waals surface area (Å²) < 4.78 is 10.1. The highest BCUT2D eigenvalue weighted by atomic mass is 35.5. The third-order valence-electron chi connectivity index (χ3n) is 4.67. The van der Waals surface area contributed by atoms with Crippen molar-refractivity contribution in [3.05, 3.63) is 80.9 Å². The molecule has 0 radical (unpaired) electrons. The zero-order valence-corrected chi connectivity index (χ0v) is 17.0. The van der Waals surface area contributed by atoms with E-state index in [0.29, 0.717) is 16.6 Å². The monoisotopic (exact) mass is 410 g/mol. The van der Waals surface area contributed by atoms with Gasteiger partial charge in [-0.15, -0.1) is 5.10 Å². The maximum Gasteiger partial charge on any atom is 0.368 e. The molecule has 8 nitrogen and oxygen atoms in total. The number of rotatable bonds is 5. The molecule has 0 unspecified atom stereocenters. The Morgan fingerprint density at radius 3 is 2.41 bits per heavy atom. The first-order chi connectivity index (χ1) is 13.9.